The summed E-state index contributed by atoms with van der Waals surface area (Å²) in [7, 11) is 2.08. The summed E-state index contributed by atoms with van der Waals surface area (Å²) < 4.78 is 32.0. The van der Waals surface area contributed by atoms with Crippen molar-refractivity contribution in [1.29, 1.82) is 0 Å². The lowest BCUT2D eigenvalue weighted by molar-refractivity contribution is -0.157. The van der Waals surface area contributed by atoms with Crippen molar-refractivity contribution in [2.75, 3.05) is 85.8 Å². The average molecular weight is 555 g/mol. The van der Waals surface area contributed by atoms with Crippen molar-refractivity contribution < 1.29 is 23.4 Å². The maximum atomic E-state index is 13.4. The highest BCUT2D eigenvalue weighted by Crippen LogP contribution is 2.27. The van der Waals surface area contributed by atoms with Gasteiger partial charge in [-0.1, -0.05) is 12.1 Å². The van der Waals surface area contributed by atoms with E-state index in [1.165, 1.54) is 43.6 Å². The van der Waals surface area contributed by atoms with Crippen LogP contribution in [0.4, 0.5) is 4.39 Å². The fourth-order valence-corrected chi connectivity index (χ4v) is 5.78. The first-order valence-electron chi connectivity index (χ1n) is 14.6. The number of nitrogens with zero attached hydrogens (tertiary/aromatic N) is 4. The topological polar surface area (TPSA) is 57.7 Å². The van der Waals surface area contributed by atoms with E-state index in [4.69, 9.17) is 14.2 Å². The number of likely N-dealkylation sites (tertiary alicyclic amines) is 1. The number of hydrogen-bond acceptors (Lipinski definition) is 7. The van der Waals surface area contributed by atoms with Gasteiger partial charge in [0.15, 0.2) is 0 Å². The van der Waals surface area contributed by atoms with E-state index >= 15 is 0 Å². The number of rotatable bonds is 11. The van der Waals surface area contributed by atoms with Crippen LogP contribution in [0.2, 0.25) is 0 Å². The van der Waals surface area contributed by atoms with E-state index in [-0.39, 0.29) is 24.8 Å². The van der Waals surface area contributed by atoms with Crippen LogP contribution in [0.1, 0.15) is 24.8 Å². The molecule has 0 aliphatic carbocycles. The van der Waals surface area contributed by atoms with Gasteiger partial charge in [0.1, 0.15) is 36.1 Å². The lowest BCUT2D eigenvalue weighted by Crippen LogP contribution is -2.58. The Hall–Kier alpha value is -2.72. The summed E-state index contributed by atoms with van der Waals surface area (Å²) in [6, 6.07) is 14.3. The molecule has 2 aromatic rings. The smallest absolute Gasteiger partial charge is 0.225 e. The van der Waals surface area contributed by atoms with Crippen LogP contribution in [0.5, 0.6) is 11.5 Å². The molecule has 0 spiro atoms. The third-order valence-electron chi connectivity index (χ3n) is 8.15. The van der Waals surface area contributed by atoms with Crippen LogP contribution < -0.4 is 9.47 Å². The molecule has 8 nitrogen and oxygen atoms in total. The van der Waals surface area contributed by atoms with Crippen molar-refractivity contribution >= 4 is 5.91 Å². The van der Waals surface area contributed by atoms with Gasteiger partial charge in [-0.25, -0.2) is 4.39 Å². The summed E-state index contributed by atoms with van der Waals surface area (Å²) in [6.07, 6.45) is 2.81. The summed E-state index contributed by atoms with van der Waals surface area (Å²) in [5.74, 6) is 1.23. The van der Waals surface area contributed by atoms with Gasteiger partial charge in [0, 0.05) is 52.4 Å². The molecule has 3 aliphatic rings. The lowest BCUT2D eigenvalue weighted by Gasteiger charge is -2.43. The minimum atomic E-state index is -0.795. The Morgan fingerprint density at radius 2 is 1.70 bits per heavy atom. The molecule has 5 rings (SSSR count). The van der Waals surface area contributed by atoms with E-state index in [9.17, 15) is 9.18 Å². The van der Waals surface area contributed by atoms with E-state index in [1.807, 2.05) is 17.0 Å². The highest BCUT2D eigenvalue weighted by Gasteiger charge is 2.41. The van der Waals surface area contributed by atoms with E-state index in [0.717, 1.165) is 51.6 Å². The third kappa shape index (κ3) is 8.16. The van der Waals surface area contributed by atoms with Crippen molar-refractivity contribution in [3.05, 3.63) is 59.9 Å². The number of carbonyl (C=O) groups excluding carboxylic acids is 1. The maximum absolute atomic E-state index is 13.4. The Balaban J connectivity index is 1.22. The van der Waals surface area contributed by atoms with Crippen molar-refractivity contribution in [2.45, 2.75) is 31.4 Å². The SMILES string of the molecule is CN1CCN(C(=O)CC2(COc3ccc(F)cc3)CN(Cc3cccc(OCCN4CCCC4)c3)CCO2)CC1. The molecule has 0 N–H and O–H groups in total. The number of carbonyl (C=O) groups is 1. The fourth-order valence-electron chi connectivity index (χ4n) is 5.78. The van der Waals surface area contributed by atoms with Crippen LogP contribution in [0, 0.1) is 5.82 Å². The quantitative estimate of drug-likeness (QED) is 0.423. The zero-order valence-electron chi connectivity index (χ0n) is 23.7. The number of benzene rings is 2. The van der Waals surface area contributed by atoms with Crippen LogP contribution >= 0.6 is 0 Å². The molecule has 1 atom stereocenters. The molecule has 1 amide bonds. The van der Waals surface area contributed by atoms with Gasteiger partial charge in [-0.05, 0) is 74.9 Å². The molecule has 2 aromatic carbocycles. The molecular weight excluding hydrogens is 511 g/mol. The molecule has 0 aromatic heterocycles. The molecular formula is C31H43FN4O4. The van der Waals surface area contributed by atoms with Crippen molar-refractivity contribution in [3.63, 3.8) is 0 Å². The first-order valence-corrected chi connectivity index (χ1v) is 14.6. The second-order valence-electron chi connectivity index (χ2n) is 11.4. The minimum absolute atomic E-state index is 0.0889. The van der Waals surface area contributed by atoms with Gasteiger partial charge >= 0.3 is 0 Å². The molecule has 1 unspecified atom stereocenters. The molecule has 3 heterocycles. The van der Waals surface area contributed by atoms with Gasteiger partial charge in [-0.2, -0.15) is 0 Å². The van der Waals surface area contributed by atoms with Gasteiger partial charge in [0.05, 0.1) is 13.0 Å². The van der Waals surface area contributed by atoms with Gasteiger partial charge in [0.25, 0.3) is 0 Å². The highest BCUT2D eigenvalue weighted by molar-refractivity contribution is 5.77. The van der Waals surface area contributed by atoms with Crippen LogP contribution in [0.25, 0.3) is 0 Å². The Kier molecular flexibility index (Phi) is 9.91. The molecule has 218 valence electrons. The van der Waals surface area contributed by atoms with Gasteiger partial charge in [-0.15, -0.1) is 0 Å². The first kappa shape index (κ1) is 28.8. The minimum Gasteiger partial charge on any atom is -0.492 e. The van der Waals surface area contributed by atoms with E-state index in [1.54, 1.807) is 12.1 Å². The van der Waals surface area contributed by atoms with Gasteiger partial charge in [0.2, 0.25) is 5.91 Å². The number of likely N-dealkylation sites (N-methyl/N-ethyl adjacent to an activating group) is 1. The molecule has 0 bridgehead atoms. The summed E-state index contributed by atoms with van der Waals surface area (Å²) in [4.78, 5) is 22.4. The molecule has 3 fully saturated rings. The number of hydrogen-bond donors (Lipinski definition) is 0. The van der Waals surface area contributed by atoms with Crippen molar-refractivity contribution in [1.82, 2.24) is 19.6 Å². The third-order valence-corrected chi connectivity index (χ3v) is 8.15. The van der Waals surface area contributed by atoms with Crippen LogP contribution in [0.15, 0.2) is 48.5 Å². The molecule has 0 saturated carbocycles. The lowest BCUT2D eigenvalue weighted by atomic mass is 9.96. The second kappa shape index (κ2) is 13.8. The normalized spacial score (nSPS) is 22.9. The molecule has 9 heteroatoms. The fraction of sp³-hybridized carbons (Fsp3) is 0.581. The molecule has 40 heavy (non-hydrogen) atoms. The van der Waals surface area contributed by atoms with Crippen molar-refractivity contribution in [2.24, 2.45) is 0 Å². The van der Waals surface area contributed by atoms with Crippen molar-refractivity contribution in [3.8, 4) is 11.5 Å². The van der Waals surface area contributed by atoms with Crippen LogP contribution in [-0.2, 0) is 16.1 Å². The van der Waals surface area contributed by atoms with Gasteiger partial charge < -0.3 is 24.0 Å². The molecule has 3 aliphatic heterocycles. The number of morpholine rings is 1. The van der Waals surface area contributed by atoms with E-state index in [0.29, 0.717) is 25.5 Å². The monoisotopic (exact) mass is 554 g/mol. The average Bonchev–Trinajstić information content (AvgIpc) is 3.47. The Morgan fingerprint density at radius 3 is 2.48 bits per heavy atom. The zero-order chi connectivity index (χ0) is 27.8. The number of ether oxygens (including phenoxy) is 3. The summed E-state index contributed by atoms with van der Waals surface area (Å²) in [6.45, 7) is 9.96. The van der Waals surface area contributed by atoms with Gasteiger partial charge in [-0.3, -0.25) is 14.6 Å². The second-order valence-corrected chi connectivity index (χ2v) is 11.4. The highest BCUT2D eigenvalue weighted by atomic mass is 19.1. The largest absolute Gasteiger partial charge is 0.492 e. The number of halogens is 1. The van der Waals surface area contributed by atoms with Crippen LogP contribution in [-0.4, -0.2) is 117 Å². The number of piperazine rings is 1. The summed E-state index contributed by atoms with van der Waals surface area (Å²) >= 11 is 0. The Morgan fingerprint density at radius 1 is 0.925 bits per heavy atom. The first-order chi connectivity index (χ1) is 19.5. The van der Waals surface area contributed by atoms with E-state index < -0.39 is 5.60 Å². The summed E-state index contributed by atoms with van der Waals surface area (Å²) in [5.41, 5.74) is 0.371. The van der Waals surface area contributed by atoms with E-state index in [2.05, 4.69) is 33.9 Å². The van der Waals surface area contributed by atoms with Crippen LogP contribution in [0.3, 0.4) is 0 Å². The predicted octanol–water partition coefficient (Wildman–Crippen LogP) is 3.11. The Labute approximate surface area is 237 Å². The maximum Gasteiger partial charge on any atom is 0.225 e. The number of amides is 1. The Bertz CT molecular complexity index is 1090. The molecule has 0 radical (unpaired) electrons. The summed E-state index contributed by atoms with van der Waals surface area (Å²) in [5, 5.41) is 0. The molecule has 3 saturated heterocycles. The standard InChI is InChI=1S/C31H43FN4O4/c1-33-13-15-36(16-14-33)30(37)22-31(25-39-28-9-7-27(32)8-10-28)24-35(18-20-40-31)23-26-5-4-6-29(21-26)38-19-17-34-11-2-3-12-34/h4-10,21H,2-3,11-20,22-25H2,1H3. The predicted molar refractivity (Wildman–Crippen MR) is 152 cm³/mol. The zero-order valence-corrected chi connectivity index (χ0v) is 23.7.